The number of fused-ring (bicyclic) bond motifs is 1. The number of benzene rings is 2. The molecule has 144 valence electrons. The summed E-state index contributed by atoms with van der Waals surface area (Å²) < 4.78 is 50.0. The van der Waals surface area contributed by atoms with Crippen molar-refractivity contribution in [1.29, 1.82) is 5.26 Å². The molecular formula is C20H15F3N2O2S. The highest BCUT2D eigenvalue weighted by atomic mass is 32.1. The normalized spacial score (nSPS) is 12.1. The van der Waals surface area contributed by atoms with Gasteiger partial charge in [0.2, 0.25) is 0 Å². The van der Waals surface area contributed by atoms with Gasteiger partial charge in [0.15, 0.2) is 11.5 Å². The second-order valence-electron chi connectivity index (χ2n) is 5.71. The number of aromatic nitrogens is 1. The molecule has 0 amide bonds. The predicted octanol–water partition coefficient (Wildman–Crippen LogP) is 5.79. The molecule has 3 rings (SSSR count). The highest BCUT2D eigenvalue weighted by Gasteiger charge is 2.30. The van der Waals surface area contributed by atoms with Crippen molar-refractivity contribution in [1.82, 2.24) is 4.98 Å². The first-order chi connectivity index (χ1) is 13.4. The Balaban J connectivity index is 2.01. The van der Waals surface area contributed by atoms with Crippen molar-refractivity contribution in [2.45, 2.75) is 13.1 Å². The molecule has 3 aromatic rings. The highest BCUT2D eigenvalue weighted by Crippen LogP contribution is 2.35. The van der Waals surface area contributed by atoms with Gasteiger partial charge in [-0.25, -0.2) is 4.98 Å². The zero-order valence-corrected chi connectivity index (χ0v) is 15.8. The van der Waals surface area contributed by atoms with Gasteiger partial charge in [-0.2, -0.15) is 18.4 Å². The Labute approximate surface area is 163 Å². The van der Waals surface area contributed by atoms with Crippen LogP contribution in [0.25, 0.3) is 21.9 Å². The molecule has 4 nitrogen and oxygen atoms in total. The first kappa shape index (κ1) is 19.7. The molecule has 1 aromatic heterocycles. The number of methoxy groups -OCH3 is 1. The standard InChI is InChI=1S/C20H15F3N2O2S/c1-3-27-17-9-12(4-6-16(17)26-2)8-13(11-24)19-25-15-10-14(20(21,22)23)5-7-18(15)28-19/h4-10H,3H2,1-2H3/b13-8+. The minimum Gasteiger partial charge on any atom is -0.493 e. The maximum Gasteiger partial charge on any atom is 0.416 e. The van der Waals surface area contributed by atoms with E-state index in [1.807, 2.05) is 6.92 Å². The molecule has 0 radical (unpaired) electrons. The third-order valence-corrected chi connectivity index (χ3v) is 4.93. The van der Waals surface area contributed by atoms with Gasteiger partial charge in [-0.1, -0.05) is 6.07 Å². The fourth-order valence-corrected chi connectivity index (χ4v) is 3.49. The summed E-state index contributed by atoms with van der Waals surface area (Å²) in [5.41, 5.74) is 0.384. The third-order valence-electron chi connectivity index (χ3n) is 3.86. The number of nitrogens with zero attached hydrogens (tertiary/aromatic N) is 2. The number of alkyl halides is 3. The molecule has 0 aliphatic heterocycles. The van der Waals surface area contributed by atoms with E-state index in [4.69, 9.17) is 9.47 Å². The van der Waals surface area contributed by atoms with E-state index in [0.717, 1.165) is 12.1 Å². The minimum absolute atomic E-state index is 0.209. The number of ether oxygens (including phenoxy) is 2. The Morgan fingerprint density at radius 3 is 2.64 bits per heavy atom. The van der Waals surface area contributed by atoms with E-state index in [-0.39, 0.29) is 11.1 Å². The van der Waals surface area contributed by atoms with Crippen molar-refractivity contribution in [2.75, 3.05) is 13.7 Å². The van der Waals surface area contributed by atoms with E-state index in [2.05, 4.69) is 11.1 Å². The zero-order valence-electron chi connectivity index (χ0n) is 15.0. The maximum absolute atomic E-state index is 12.9. The Morgan fingerprint density at radius 1 is 1.21 bits per heavy atom. The number of hydrogen-bond donors (Lipinski definition) is 0. The third kappa shape index (κ3) is 4.10. The second-order valence-corrected chi connectivity index (χ2v) is 6.74. The molecule has 0 N–H and O–H groups in total. The van der Waals surface area contributed by atoms with Gasteiger partial charge >= 0.3 is 6.18 Å². The van der Waals surface area contributed by atoms with Crippen LogP contribution in [0.3, 0.4) is 0 Å². The zero-order chi connectivity index (χ0) is 20.3. The van der Waals surface area contributed by atoms with E-state index in [0.29, 0.717) is 33.4 Å². The van der Waals surface area contributed by atoms with Crippen LogP contribution in [0.1, 0.15) is 23.1 Å². The van der Waals surface area contributed by atoms with Gasteiger partial charge in [-0.3, -0.25) is 0 Å². The van der Waals surface area contributed by atoms with E-state index in [9.17, 15) is 18.4 Å². The lowest BCUT2D eigenvalue weighted by molar-refractivity contribution is -0.137. The Kier molecular flexibility index (Phi) is 5.56. The monoisotopic (exact) mass is 404 g/mol. The molecule has 0 aliphatic rings. The number of hydrogen-bond acceptors (Lipinski definition) is 5. The Hall–Kier alpha value is -3.05. The molecule has 0 saturated heterocycles. The van der Waals surface area contributed by atoms with Crippen LogP contribution in [0.5, 0.6) is 11.5 Å². The summed E-state index contributed by atoms with van der Waals surface area (Å²) in [5.74, 6) is 1.10. The Bertz CT molecular complexity index is 1080. The van der Waals surface area contributed by atoms with E-state index in [1.165, 1.54) is 24.5 Å². The first-order valence-corrected chi connectivity index (χ1v) is 9.08. The van der Waals surface area contributed by atoms with Gasteiger partial charge < -0.3 is 9.47 Å². The molecule has 0 saturated carbocycles. The number of halogens is 3. The first-order valence-electron chi connectivity index (χ1n) is 8.26. The summed E-state index contributed by atoms with van der Waals surface area (Å²) in [4.78, 5) is 4.22. The van der Waals surface area contributed by atoms with Crippen LogP contribution in [-0.4, -0.2) is 18.7 Å². The summed E-state index contributed by atoms with van der Waals surface area (Å²) in [6.07, 6.45) is -2.82. The molecule has 0 bridgehead atoms. The summed E-state index contributed by atoms with van der Waals surface area (Å²) in [7, 11) is 1.53. The van der Waals surface area contributed by atoms with E-state index < -0.39 is 11.7 Å². The number of thiazole rings is 1. The van der Waals surface area contributed by atoms with Crippen molar-refractivity contribution in [3.63, 3.8) is 0 Å². The van der Waals surface area contributed by atoms with Crippen LogP contribution in [0.4, 0.5) is 13.2 Å². The SMILES string of the molecule is CCOc1cc(/C=C(\C#N)c2nc3cc(C(F)(F)F)ccc3s2)ccc1OC. The van der Waals surface area contributed by atoms with Crippen molar-refractivity contribution < 1.29 is 22.6 Å². The Morgan fingerprint density at radius 2 is 2.00 bits per heavy atom. The van der Waals surface area contributed by atoms with Crippen molar-refractivity contribution in [3.05, 3.63) is 52.5 Å². The average Bonchev–Trinajstić information content (AvgIpc) is 3.09. The van der Waals surface area contributed by atoms with Crippen LogP contribution in [0, 0.1) is 11.3 Å². The van der Waals surface area contributed by atoms with E-state index >= 15 is 0 Å². The lowest BCUT2D eigenvalue weighted by Crippen LogP contribution is -2.03. The average molecular weight is 404 g/mol. The largest absolute Gasteiger partial charge is 0.493 e. The molecule has 0 unspecified atom stereocenters. The smallest absolute Gasteiger partial charge is 0.416 e. The van der Waals surface area contributed by atoms with Crippen LogP contribution >= 0.6 is 11.3 Å². The summed E-state index contributed by atoms with van der Waals surface area (Å²) in [5, 5.41) is 9.89. The lowest BCUT2D eigenvalue weighted by atomic mass is 10.1. The molecule has 28 heavy (non-hydrogen) atoms. The molecule has 0 aliphatic carbocycles. The van der Waals surface area contributed by atoms with Gasteiger partial charge in [-0.15, -0.1) is 11.3 Å². The van der Waals surface area contributed by atoms with E-state index in [1.54, 1.807) is 24.3 Å². The maximum atomic E-state index is 12.9. The van der Waals surface area contributed by atoms with Crippen LogP contribution in [0.15, 0.2) is 36.4 Å². The topological polar surface area (TPSA) is 55.1 Å². The van der Waals surface area contributed by atoms with Crippen LogP contribution in [0.2, 0.25) is 0 Å². The fourth-order valence-electron chi connectivity index (χ4n) is 2.58. The second kappa shape index (κ2) is 7.90. The lowest BCUT2D eigenvalue weighted by Gasteiger charge is -2.09. The van der Waals surface area contributed by atoms with Crippen molar-refractivity contribution >= 4 is 33.2 Å². The molecule has 8 heteroatoms. The number of allylic oxidation sites excluding steroid dienone is 1. The van der Waals surface area contributed by atoms with Gasteiger partial charge in [-0.05, 0) is 48.9 Å². The quantitative estimate of drug-likeness (QED) is 0.505. The van der Waals surface area contributed by atoms with Crippen molar-refractivity contribution in [2.24, 2.45) is 0 Å². The van der Waals surface area contributed by atoms with Gasteiger partial charge in [0, 0.05) is 0 Å². The van der Waals surface area contributed by atoms with Gasteiger partial charge in [0.05, 0.1) is 35.1 Å². The predicted molar refractivity (Wildman–Crippen MR) is 102 cm³/mol. The highest BCUT2D eigenvalue weighted by molar-refractivity contribution is 7.19. The molecule has 0 spiro atoms. The van der Waals surface area contributed by atoms with Crippen LogP contribution < -0.4 is 9.47 Å². The molecule has 0 fully saturated rings. The summed E-state index contributed by atoms with van der Waals surface area (Å²) in [6.45, 7) is 2.30. The fraction of sp³-hybridized carbons (Fsp3) is 0.200. The molecule has 0 atom stereocenters. The molecule has 1 heterocycles. The number of nitriles is 1. The van der Waals surface area contributed by atoms with Crippen LogP contribution in [-0.2, 0) is 6.18 Å². The van der Waals surface area contributed by atoms with Gasteiger partial charge in [0.25, 0.3) is 0 Å². The summed E-state index contributed by atoms with van der Waals surface area (Å²) in [6, 6.07) is 10.7. The van der Waals surface area contributed by atoms with Gasteiger partial charge in [0.1, 0.15) is 11.1 Å². The minimum atomic E-state index is -4.44. The summed E-state index contributed by atoms with van der Waals surface area (Å²) >= 11 is 1.17. The molecular weight excluding hydrogens is 389 g/mol. The number of rotatable bonds is 5. The van der Waals surface area contributed by atoms with Crippen molar-refractivity contribution in [3.8, 4) is 17.6 Å². The molecule has 2 aromatic carbocycles.